The first-order valence-corrected chi connectivity index (χ1v) is 9.96. The van der Waals surface area contributed by atoms with Gasteiger partial charge in [-0.05, 0) is 18.4 Å². The molecule has 1 aromatic heterocycles. The molecule has 0 bridgehead atoms. The molecular formula is C17H18N2O5S2. The number of sulfonamides is 1. The number of hydrogen-bond acceptors (Lipinski definition) is 6. The first-order chi connectivity index (χ1) is 12.0. The van der Waals surface area contributed by atoms with E-state index < -0.39 is 16.0 Å². The molecule has 0 fully saturated rings. The second-order valence-corrected chi connectivity index (χ2v) is 7.72. The van der Waals surface area contributed by atoms with Gasteiger partial charge in [0.25, 0.3) is 10.0 Å². The van der Waals surface area contributed by atoms with Crippen molar-refractivity contribution in [2.75, 3.05) is 11.3 Å². The third-order valence-electron chi connectivity index (χ3n) is 3.44. The number of ether oxygens (including phenoxy) is 1. The minimum atomic E-state index is -3.78. The van der Waals surface area contributed by atoms with Crippen molar-refractivity contribution in [1.82, 2.24) is 4.98 Å². The number of esters is 1. The summed E-state index contributed by atoms with van der Waals surface area (Å²) in [5.41, 5.74) is 0.471. The van der Waals surface area contributed by atoms with Crippen molar-refractivity contribution in [2.45, 2.75) is 18.2 Å². The van der Waals surface area contributed by atoms with Gasteiger partial charge in [0, 0.05) is 10.8 Å². The van der Waals surface area contributed by atoms with Gasteiger partial charge in [-0.25, -0.2) is 13.4 Å². The monoisotopic (exact) mass is 394 g/mol. The molecule has 0 atom stereocenters. The number of aromatic nitrogens is 1. The Bertz CT molecular complexity index is 1010. The molecule has 3 rings (SSSR count). The Morgan fingerprint density at radius 3 is 2.69 bits per heavy atom. The molecule has 3 aromatic rings. The number of rotatable bonds is 6. The van der Waals surface area contributed by atoms with Crippen LogP contribution in [0.2, 0.25) is 0 Å². The fourth-order valence-electron chi connectivity index (χ4n) is 2.39. The standard InChI is InChI=1S/C17H16N2O4S2.H2O/c1-2-23-16(20)10-13-11-24-17(18-13)19-25(21,22)15-9-5-7-12-6-3-4-8-14(12)15;/h3-9,11H,2,10H2,1H3,(H,18,19);1H2. The summed E-state index contributed by atoms with van der Waals surface area (Å²) in [5.74, 6) is -0.392. The third-order valence-corrected chi connectivity index (χ3v) is 5.78. The summed E-state index contributed by atoms with van der Waals surface area (Å²) in [6, 6.07) is 12.4. The Morgan fingerprint density at radius 1 is 1.19 bits per heavy atom. The molecule has 0 unspecified atom stereocenters. The van der Waals surface area contributed by atoms with Crippen LogP contribution in [0.15, 0.2) is 52.7 Å². The van der Waals surface area contributed by atoms with Gasteiger partial charge in [-0.15, -0.1) is 11.3 Å². The summed E-state index contributed by atoms with van der Waals surface area (Å²) in [4.78, 5) is 15.8. The normalized spacial score (nSPS) is 11.0. The maximum absolute atomic E-state index is 12.7. The van der Waals surface area contributed by atoms with E-state index in [2.05, 4.69) is 9.71 Å². The van der Waals surface area contributed by atoms with Crippen LogP contribution in [0.4, 0.5) is 5.13 Å². The van der Waals surface area contributed by atoms with Gasteiger partial charge in [-0.1, -0.05) is 36.4 Å². The fraction of sp³-hybridized carbons (Fsp3) is 0.176. The van der Waals surface area contributed by atoms with E-state index >= 15 is 0 Å². The van der Waals surface area contributed by atoms with Gasteiger partial charge in [0.1, 0.15) is 0 Å². The highest BCUT2D eigenvalue weighted by Gasteiger charge is 2.19. The molecule has 9 heteroatoms. The van der Waals surface area contributed by atoms with Gasteiger partial charge in [-0.2, -0.15) is 0 Å². The van der Waals surface area contributed by atoms with Gasteiger partial charge in [0.15, 0.2) is 5.13 Å². The summed E-state index contributed by atoms with van der Waals surface area (Å²) in [6.45, 7) is 2.02. The summed E-state index contributed by atoms with van der Waals surface area (Å²) in [5, 5.41) is 3.33. The molecule has 0 amide bonds. The zero-order valence-electron chi connectivity index (χ0n) is 13.9. The minimum absolute atomic E-state index is 0. The number of nitrogens with one attached hydrogen (secondary N) is 1. The zero-order chi connectivity index (χ0) is 17.9. The van der Waals surface area contributed by atoms with Crippen molar-refractivity contribution in [3.05, 3.63) is 53.5 Å². The fourth-order valence-corrected chi connectivity index (χ4v) is 4.59. The molecule has 0 saturated heterocycles. The van der Waals surface area contributed by atoms with Crippen molar-refractivity contribution in [3.63, 3.8) is 0 Å². The van der Waals surface area contributed by atoms with Crippen LogP contribution in [0.3, 0.4) is 0 Å². The number of fused-ring (bicyclic) bond motifs is 1. The van der Waals surface area contributed by atoms with Crippen molar-refractivity contribution in [2.24, 2.45) is 0 Å². The van der Waals surface area contributed by atoms with Crippen molar-refractivity contribution >= 4 is 43.2 Å². The number of carbonyl (C=O) groups is 1. The van der Waals surface area contributed by atoms with E-state index in [1.165, 1.54) is 0 Å². The molecule has 7 nitrogen and oxygen atoms in total. The second-order valence-electron chi connectivity index (χ2n) is 5.21. The highest BCUT2D eigenvalue weighted by atomic mass is 32.2. The zero-order valence-corrected chi connectivity index (χ0v) is 15.6. The summed E-state index contributed by atoms with van der Waals surface area (Å²) in [7, 11) is -3.78. The molecule has 0 aliphatic carbocycles. The van der Waals surface area contributed by atoms with E-state index in [-0.39, 0.29) is 21.9 Å². The Kier molecular flexibility index (Phi) is 6.30. The second kappa shape index (κ2) is 8.26. The van der Waals surface area contributed by atoms with E-state index in [1.807, 2.05) is 18.2 Å². The van der Waals surface area contributed by atoms with Gasteiger partial charge in [0.05, 0.1) is 23.6 Å². The van der Waals surface area contributed by atoms with E-state index in [4.69, 9.17) is 4.74 Å². The van der Waals surface area contributed by atoms with Gasteiger partial charge in [0.2, 0.25) is 0 Å². The van der Waals surface area contributed by atoms with Crippen LogP contribution in [0.25, 0.3) is 10.8 Å². The highest BCUT2D eigenvalue weighted by molar-refractivity contribution is 7.93. The maximum atomic E-state index is 12.7. The SMILES string of the molecule is CCOC(=O)Cc1csc(NS(=O)(=O)c2cccc3ccccc23)n1.O. The Morgan fingerprint density at radius 2 is 1.92 bits per heavy atom. The van der Waals surface area contributed by atoms with Crippen molar-refractivity contribution in [1.29, 1.82) is 0 Å². The molecule has 2 aromatic carbocycles. The Labute approximate surface area is 155 Å². The van der Waals surface area contributed by atoms with Crippen LogP contribution in [0.1, 0.15) is 12.6 Å². The lowest BCUT2D eigenvalue weighted by atomic mass is 10.1. The third kappa shape index (κ3) is 4.37. The first-order valence-electron chi connectivity index (χ1n) is 7.60. The van der Waals surface area contributed by atoms with E-state index in [1.54, 1.807) is 36.6 Å². The van der Waals surface area contributed by atoms with Crippen LogP contribution in [0, 0.1) is 0 Å². The van der Waals surface area contributed by atoms with E-state index in [0.29, 0.717) is 17.7 Å². The number of carbonyl (C=O) groups excluding carboxylic acids is 1. The molecule has 0 saturated carbocycles. The van der Waals surface area contributed by atoms with E-state index in [0.717, 1.165) is 16.7 Å². The van der Waals surface area contributed by atoms with Crippen LogP contribution < -0.4 is 4.72 Å². The number of benzene rings is 2. The van der Waals surface area contributed by atoms with Gasteiger partial charge < -0.3 is 10.2 Å². The Balaban J connectivity index is 0.00000243. The molecule has 0 aliphatic heterocycles. The molecule has 1 heterocycles. The van der Waals surface area contributed by atoms with Gasteiger partial charge >= 0.3 is 5.97 Å². The Hall–Kier alpha value is -2.49. The van der Waals surface area contributed by atoms with Crippen molar-refractivity contribution < 1.29 is 23.4 Å². The van der Waals surface area contributed by atoms with Crippen LogP contribution >= 0.6 is 11.3 Å². The quantitative estimate of drug-likeness (QED) is 0.644. The lowest BCUT2D eigenvalue weighted by molar-refractivity contribution is -0.142. The average Bonchev–Trinajstić information content (AvgIpc) is 3.00. The number of anilines is 1. The number of nitrogens with zero attached hydrogens (tertiary/aromatic N) is 1. The topological polar surface area (TPSA) is 117 Å². The summed E-state index contributed by atoms with van der Waals surface area (Å²) < 4.78 is 32.8. The minimum Gasteiger partial charge on any atom is -0.466 e. The molecular weight excluding hydrogens is 376 g/mol. The first kappa shape index (κ1) is 19.8. The highest BCUT2D eigenvalue weighted by Crippen LogP contribution is 2.26. The summed E-state index contributed by atoms with van der Waals surface area (Å²) in [6.07, 6.45) is 0.0142. The lowest BCUT2D eigenvalue weighted by Gasteiger charge is -2.08. The van der Waals surface area contributed by atoms with Crippen LogP contribution in [-0.4, -0.2) is 31.5 Å². The average molecular weight is 394 g/mol. The molecule has 26 heavy (non-hydrogen) atoms. The maximum Gasteiger partial charge on any atom is 0.311 e. The molecule has 138 valence electrons. The predicted octanol–water partition coefficient (Wildman–Crippen LogP) is 2.38. The molecule has 0 spiro atoms. The number of hydrogen-bond donors (Lipinski definition) is 1. The predicted molar refractivity (Wildman–Crippen MR) is 101 cm³/mol. The molecule has 3 N–H and O–H groups in total. The summed E-state index contributed by atoms with van der Waals surface area (Å²) >= 11 is 1.13. The molecule has 0 radical (unpaired) electrons. The largest absolute Gasteiger partial charge is 0.466 e. The van der Waals surface area contributed by atoms with Crippen molar-refractivity contribution in [3.8, 4) is 0 Å². The number of thiazole rings is 1. The molecule has 0 aliphatic rings. The van der Waals surface area contributed by atoms with Crippen LogP contribution in [-0.2, 0) is 26.0 Å². The van der Waals surface area contributed by atoms with Gasteiger partial charge in [-0.3, -0.25) is 9.52 Å². The van der Waals surface area contributed by atoms with E-state index in [9.17, 15) is 13.2 Å². The smallest absolute Gasteiger partial charge is 0.311 e. The lowest BCUT2D eigenvalue weighted by Crippen LogP contribution is -2.13. The van der Waals surface area contributed by atoms with Crippen LogP contribution in [0.5, 0.6) is 0 Å².